The van der Waals surface area contributed by atoms with Gasteiger partial charge in [0, 0.05) is 24.4 Å². The van der Waals surface area contributed by atoms with Gasteiger partial charge in [0.2, 0.25) is 5.88 Å². The summed E-state index contributed by atoms with van der Waals surface area (Å²) in [6.07, 6.45) is 3.66. The van der Waals surface area contributed by atoms with Gasteiger partial charge in [-0.25, -0.2) is 19.3 Å². The van der Waals surface area contributed by atoms with Crippen molar-refractivity contribution < 1.29 is 9.13 Å². The molecule has 0 saturated carbocycles. The maximum absolute atomic E-state index is 13.4. The molecule has 0 N–H and O–H groups in total. The predicted octanol–water partition coefficient (Wildman–Crippen LogP) is 4.94. The van der Waals surface area contributed by atoms with E-state index in [1.165, 1.54) is 12.1 Å². The number of halogens is 1. The second-order valence-electron chi connectivity index (χ2n) is 7.32. The lowest BCUT2D eigenvalue weighted by Gasteiger charge is -2.10. The summed E-state index contributed by atoms with van der Waals surface area (Å²) in [5.74, 6) is 0.995. The Balaban J connectivity index is 1.65. The van der Waals surface area contributed by atoms with Gasteiger partial charge in [-0.3, -0.25) is 0 Å². The van der Waals surface area contributed by atoms with E-state index in [-0.39, 0.29) is 5.82 Å². The van der Waals surface area contributed by atoms with Crippen molar-refractivity contribution in [3.05, 3.63) is 78.6 Å². The molecule has 5 aromatic rings. The second-order valence-corrected chi connectivity index (χ2v) is 7.32. The van der Waals surface area contributed by atoms with E-state index in [1.807, 2.05) is 59.6 Å². The molecule has 0 aliphatic heterocycles. The van der Waals surface area contributed by atoms with Crippen molar-refractivity contribution in [3.8, 4) is 34.2 Å². The van der Waals surface area contributed by atoms with Crippen LogP contribution >= 0.6 is 0 Å². The number of pyridine rings is 1. The van der Waals surface area contributed by atoms with Crippen molar-refractivity contribution >= 4 is 11.0 Å². The Morgan fingerprint density at radius 1 is 0.968 bits per heavy atom. The third kappa shape index (κ3) is 3.24. The Bertz CT molecular complexity index is 1400. The molecular weight excluding hydrogens is 393 g/mol. The maximum atomic E-state index is 13.4. The highest BCUT2D eigenvalue weighted by molar-refractivity contribution is 5.93. The standard InChI is InChI=1S/C24H20FN5O/c1-15-13-30(14-26-15)21-12-11-19(27-24(21)31-3)18-5-4-6-20-22(18)28-23(29(20)2)16-7-9-17(25)10-8-16/h4-14H,1-3H3. The lowest BCUT2D eigenvalue weighted by Crippen LogP contribution is -1.99. The van der Waals surface area contributed by atoms with Crippen LogP contribution in [0.25, 0.3) is 39.4 Å². The van der Waals surface area contributed by atoms with E-state index in [1.54, 1.807) is 25.6 Å². The number of imidazole rings is 2. The van der Waals surface area contributed by atoms with Gasteiger partial charge < -0.3 is 13.9 Å². The lowest BCUT2D eigenvalue weighted by atomic mass is 10.1. The molecule has 0 saturated heterocycles. The normalized spacial score (nSPS) is 11.2. The Morgan fingerprint density at radius 2 is 1.77 bits per heavy atom. The summed E-state index contributed by atoms with van der Waals surface area (Å²) in [4.78, 5) is 13.9. The smallest absolute Gasteiger partial charge is 0.238 e. The van der Waals surface area contributed by atoms with Crippen molar-refractivity contribution in [1.82, 2.24) is 24.1 Å². The average Bonchev–Trinajstić information content (AvgIpc) is 3.37. The van der Waals surface area contributed by atoms with Crippen LogP contribution in [0.3, 0.4) is 0 Å². The number of rotatable bonds is 4. The highest BCUT2D eigenvalue weighted by Gasteiger charge is 2.16. The minimum atomic E-state index is -0.271. The monoisotopic (exact) mass is 413 g/mol. The molecule has 0 radical (unpaired) electrons. The van der Waals surface area contributed by atoms with E-state index in [0.717, 1.165) is 45.1 Å². The Hall–Kier alpha value is -4.00. The fourth-order valence-electron chi connectivity index (χ4n) is 3.76. The molecular formula is C24H20FN5O. The number of ether oxygens (including phenoxy) is 1. The first-order valence-corrected chi connectivity index (χ1v) is 9.83. The molecule has 0 aliphatic carbocycles. The summed E-state index contributed by atoms with van der Waals surface area (Å²) in [6, 6.07) is 16.3. The van der Waals surface area contributed by atoms with Crippen LogP contribution in [0.4, 0.5) is 4.39 Å². The minimum Gasteiger partial charge on any atom is -0.479 e. The quantitative estimate of drug-likeness (QED) is 0.419. The molecule has 0 amide bonds. The van der Waals surface area contributed by atoms with E-state index in [9.17, 15) is 4.39 Å². The second kappa shape index (κ2) is 7.36. The van der Waals surface area contributed by atoms with E-state index in [0.29, 0.717) is 5.88 Å². The molecule has 7 heteroatoms. The Morgan fingerprint density at radius 3 is 2.48 bits per heavy atom. The van der Waals surface area contributed by atoms with Crippen LogP contribution in [-0.2, 0) is 7.05 Å². The van der Waals surface area contributed by atoms with E-state index in [4.69, 9.17) is 14.7 Å². The first-order chi connectivity index (χ1) is 15.0. The summed E-state index contributed by atoms with van der Waals surface area (Å²) in [5.41, 5.74) is 6.02. The van der Waals surface area contributed by atoms with Crippen molar-refractivity contribution in [1.29, 1.82) is 0 Å². The Kier molecular flexibility index (Phi) is 4.51. The number of hydrogen-bond donors (Lipinski definition) is 0. The Labute approximate surface area is 178 Å². The SMILES string of the molecule is COc1nc(-c2cccc3c2nc(-c2ccc(F)cc2)n3C)ccc1-n1cnc(C)c1. The predicted molar refractivity (Wildman–Crippen MR) is 118 cm³/mol. The molecule has 0 atom stereocenters. The number of para-hydroxylation sites is 1. The molecule has 0 bridgehead atoms. The third-order valence-electron chi connectivity index (χ3n) is 5.31. The van der Waals surface area contributed by atoms with Crippen molar-refractivity contribution in [2.24, 2.45) is 7.05 Å². The zero-order chi connectivity index (χ0) is 21.5. The number of aromatic nitrogens is 5. The van der Waals surface area contributed by atoms with Crippen LogP contribution in [0, 0.1) is 12.7 Å². The van der Waals surface area contributed by atoms with Crippen LogP contribution in [0.2, 0.25) is 0 Å². The van der Waals surface area contributed by atoms with Gasteiger partial charge in [-0.1, -0.05) is 12.1 Å². The average molecular weight is 413 g/mol. The van der Waals surface area contributed by atoms with Gasteiger partial charge >= 0.3 is 0 Å². The van der Waals surface area contributed by atoms with Crippen LogP contribution < -0.4 is 4.74 Å². The van der Waals surface area contributed by atoms with Gasteiger partial charge in [0.25, 0.3) is 0 Å². The molecule has 3 heterocycles. The summed E-state index contributed by atoms with van der Waals surface area (Å²) >= 11 is 0. The van der Waals surface area contributed by atoms with Crippen LogP contribution in [0.15, 0.2) is 67.1 Å². The fraction of sp³-hybridized carbons (Fsp3) is 0.125. The highest BCUT2D eigenvalue weighted by Crippen LogP contribution is 2.33. The summed E-state index contributed by atoms with van der Waals surface area (Å²) in [5, 5.41) is 0. The molecule has 2 aromatic carbocycles. The number of fused-ring (bicyclic) bond motifs is 1. The molecule has 154 valence electrons. The van der Waals surface area contributed by atoms with Gasteiger partial charge in [-0.15, -0.1) is 0 Å². The zero-order valence-corrected chi connectivity index (χ0v) is 17.4. The molecule has 0 fully saturated rings. The molecule has 0 unspecified atom stereocenters. The third-order valence-corrected chi connectivity index (χ3v) is 5.31. The number of aryl methyl sites for hydroxylation is 2. The first kappa shape index (κ1) is 19.0. The summed E-state index contributed by atoms with van der Waals surface area (Å²) in [7, 11) is 3.56. The number of benzene rings is 2. The first-order valence-electron chi connectivity index (χ1n) is 9.83. The van der Waals surface area contributed by atoms with Crippen LogP contribution in [0.5, 0.6) is 5.88 Å². The number of hydrogen-bond acceptors (Lipinski definition) is 4. The van der Waals surface area contributed by atoms with Crippen molar-refractivity contribution in [2.75, 3.05) is 7.11 Å². The molecule has 0 spiro atoms. The molecule has 6 nitrogen and oxygen atoms in total. The van der Waals surface area contributed by atoms with Gasteiger partial charge in [0.1, 0.15) is 17.3 Å². The van der Waals surface area contributed by atoms with E-state index < -0.39 is 0 Å². The van der Waals surface area contributed by atoms with Crippen LogP contribution in [-0.4, -0.2) is 31.2 Å². The summed E-state index contributed by atoms with van der Waals surface area (Å²) < 4.78 is 22.8. The highest BCUT2D eigenvalue weighted by atomic mass is 19.1. The van der Waals surface area contributed by atoms with E-state index >= 15 is 0 Å². The fourth-order valence-corrected chi connectivity index (χ4v) is 3.76. The maximum Gasteiger partial charge on any atom is 0.238 e. The van der Waals surface area contributed by atoms with Crippen molar-refractivity contribution in [3.63, 3.8) is 0 Å². The lowest BCUT2D eigenvalue weighted by molar-refractivity contribution is 0.396. The topological polar surface area (TPSA) is 57.8 Å². The van der Waals surface area contributed by atoms with Crippen molar-refractivity contribution in [2.45, 2.75) is 6.92 Å². The minimum absolute atomic E-state index is 0.271. The zero-order valence-electron chi connectivity index (χ0n) is 17.4. The van der Waals surface area contributed by atoms with Crippen LogP contribution in [0.1, 0.15) is 5.69 Å². The number of nitrogens with zero attached hydrogens (tertiary/aromatic N) is 5. The van der Waals surface area contributed by atoms with E-state index in [2.05, 4.69) is 4.98 Å². The van der Waals surface area contributed by atoms with Gasteiger partial charge in [-0.05, 0) is 49.4 Å². The largest absolute Gasteiger partial charge is 0.479 e. The van der Waals surface area contributed by atoms with Gasteiger partial charge in [-0.2, -0.15) is 0 Å². The summed E-state index contributed by atoms with van der Waals surface area (Å²) in [6.45, 7) is 1.94. The van der Waals surface area contributed by atoms with Gasteiger partial charge in [0.05, 0.1) is 35.9 Å². The molecule has 3 aromatic heterocycles. The van der Waals surface area contributed by atoms with Gasteiger partial charge in [0.15, 0.2) is 0 Å². The molecule has 0 aliphatic rings. The molecule has 5 rings (SSSR count). The number of methoxy groups -OCH3 is 1. The molecule has 31 heavy (non-hydrogen) atoms.